The number of benzene rings is 2. The van der Waals surface area contributed by atoms with Gasteiger partial charge >= 0.3 is 0 Å². The molecule has 3 aromatic rings. The van der Waals surface area contributed by atoms with Crippen molar-refractivity contribution in [2.75, 3.05) is 70.1 Å². The lowest BCUT2D eigenvalue weighted by Gasteiger charge is -2.46. The van der Waals surface area contributed by atoms with Crippen LogP contribution in [-0.2, 0) is 20.6 Å². The molecule has 6 rings (SSSR count). The van der Waals surface area contributed by atoms with Gasteiger partial charge in [-0.1, -0.05) is 6.92 Å². The second-order valence-electron chi connectivity index (χ2n) is 14.5. The maximum Gasteiger partial charge on any atom is 0.210 e. The van der Waals surface area contributed by atoms with Crippen LogP contribution in [0.15, 0.2) is 51.2 Å². The zero-order valence-corrected chi connectivity index (χ0v) is 30.9. The molecule has 0 radical (unpaired) electrons. The summed E-state index contributed by atoms with van der Waals surface area (Å²) in [4.78, 5) is 14.2. The molecule has 13 heteroatoms. The topological polar surface area (TPSA) is 86.3 Å². The lowest BCUT2D eigenvalue weighted by Crippen LogP contribution is -2.55. The highest BCUT2D eigenvalue weighted by atomic mass is 32.2. The predicted octanol–water partition coefficient (Wildman–Crippen LogP) is 5.33. The van der Waals surface area contributed by atoms with E-state index in [1.54, 1.807) is 45.2 Å². The Labute approximate surface area is 292 Å². The molecule has 0 spiro atoms. The van der Waals surface area contributed by atoms with Crippen LogP contribution >= 0.6 is 0 Å². The van der Waals surface area contributed by atoms with Crippen LogP contribution in [0.5, 0.6) is 5.75 Å². The number of anilines is 1. The molecular weight excluding hydrogens is 669 g/mol. The van der Waals surface area contributed by atoms with Gasteiger partial charge in [-0.05, 0) is 96.4 Å². The van der Waals surface area contributed by atoms with Gasteiger partial charge in [-0.3, -0.25) is 14.1 Å². The number of ether oxygens (including phenoxy) is 1. The SMILES string of the molecule is CCN1CCN(C2CCN(C3CCN(c4c(S(=O)(=O)c5cc(F)c(OC(C)(C)C)c(F)c5)cnc5ccc(S(C)=O)cc45)CC3)CC2)CC1. The summed E-state index contributed by atoms with van der Waals surface area (Å²) < 4.78 is 76.9. The first-order valence-corrected chi connectivity index (χ1v) is 20.4. The van der Waals surface area contributed by atoms with E-state index in [2.05, 4.69) is 31.5 Å². The Bertz CT molecular complexity index is 1770. The fourth-order valence-electron chi connectivity index (χ4n) is 7.58. The average molecular weight is 718 g/mol. The molecule has 49 heavy (non-hydrogen) atoms. The summed E-state index contributed by atoms with van der Waals surface area (Å²) in [5, 5.41) is 0.546. The Kier molecular flexibility index (Phi) is 10.7. The van der Waals surface area contributed by atoms with Gasteiger partial charge in [0.25, 0.3) is 0 Å². The van der Waals surface area contributed by atoms with Crippen molar-refractivity contribution >= 4 is 37.2 Å². The number of pyridine rings is 1. The summed E-state index contributed by atoms with van der Waals surface area (Å²) >= 11 is 0. The number of fused-ring (bicyclic) bond motifs is 1. The zero-order chi connectivity index (χ0) is 35.1. The van der Waals surface area contributed by atoms with E-state index in [0.717, 1.165) is 83.6 Å². The van der Waals surface area contributed by atoms with Gasteiger partial charge < -0.3 is 19.4 Å². The molecule has 1 atom stereocenters. The molecule has 0 saturated carbocycles. The van der Waals surface area contributed by atoms with Crippen LogP contribution in [0.25, 0.3) is 10.9 Å². The maximum atomic E-state index is 15.2. The monoisotopic (exact) mass is 717 g/mol. The molecule has 0 aliphatic carbocycles. The number of piperidine rings is 2. The lowest BCUT2D eigenvalue weighted by molar-refractivity contribution is 0.0449. The third kappa shape index (κ3) is 7.80. The number of sulfone groups is 1. The highest BCUT2D eigenvalue weighted by Gasteiger charge is 2.35. The highest BCUT2D eigenvalue weighted by Crippen LogP contribution is 2.40. The fourth-order valence-corrected chi connectivity index (χ4v) is 9.58. The molecule has 3 fully saturated rings. The Balaban J connectivity index is 1.26. The number of nitrogens with zero attached hydrogens (tertiary/aromatic N) is 5. The second-order valence-corrected chi connectivity index (χ2v) is 17.8. The van der Waals surface area contributed by atoms with Crippen molar-refractivity contribution in [3.05, 3.63) is 48.2 Å². The first kappa shape index (κ1) is 36.1. The number of piperazine rings is 1. The van der Waals surface area contributed by atoms with Crippen molar-refractivity contribution in [3.8, 4) is 5.75 Å². The van der Waals surface area contributed by atoms with Gasteiger partial charge in [0.05, 0.1) is 16.1 Å². The summed E-state index contributed by atoms with van der Waals surface area (Å²) in [7, 11) is -5.76. The number of aromatic nitrogens is 1. The molecule has 9 nitrogen and oxygen atoms in total. The standard InChI is InChI=1S/C36H49F2N5O4S2/c1-6-40-17-19-42(20-18-40)26-9-13-41(14-10-26)25-11-15-43(16-12-25)34-29-21-27(48(5)44)7-8-32(29)39-24-33(34)49(45,46)28-22-30(37)35(31(38)23-28)47-36(2,3)4/h7-8,21-26H,6,9-20H2,1-5H3. The summed E-state index contributed by atoms with van der Waals surface area (Å²) in [5.41, 5.74) is 0.0933. The van der Waals surface area contributed by atoms with Gasteiger partial charge in [-0.25, -0.2) is 17.2 Å². The minimum atomic E-state index is -4.44. The normalized spacial score (nSPS) is 20.6. The third-order valence-electron chi connectivity index (χ3n) is 10.3. The minimum absolute atomic E-state index is 0.134. The first-order chi connectivity index (χ1) is 23.2. The largest absolute Gasteiger partial charge is 0.482 e. The highest BCUT2D eigenvalue weighted by molar-refractivity contribution is 7.91. The third-order valence-corrected chi connectivity index (χ3v) is 12.9. The molecule has 1 unspecified atom stereocenters. The molecule has 4 heterocycles. The Morgan fingerprint density at radius 1 is 0.878 bits per heavy atom. The van der Waals surface area contributed by atoms with E-state index in [-0.39, 0.29) is 4.90 Å². The van der Waals surface area contributed by atoms with Crippen molar-refractivity contribution in [1.29, 1.82) is 0 Å². The second kappa shape index (κ2) is 14.5. The van der Waals surface area contributed by atoms with Crippen LogP contribution in [0.3, 0.4) is 0 Å². The summed E-state index contributed by atoms with van der Waals surface area (Å²) in [6, 6.07) is 7.83. The number of likely N-dealkylation sites (N-methyl/N-ethyl adjacent to an activating group) is 1. The van der Waals surface area contributed by atoms with Crippen molar-refractivity contribution in [3.63, 3.8) is 0 Å². The Morgan fingerprint density at radius 3 is 2.00 bits per heavy atom. The number of rotatable bonds is 8. The van der Waals surface area contributed by atoms with Gasteiger partial charge in [-0.15, -0.1) is 0 Å². The van der Waals surface area contributed by atoms with Crippen LogP contribution < -0.4 is 9.64 Å². The first-order valence-electron chi connectivity index (χ1n) is 17.4. The van der Waals surface area contributed by atoms with Crippen LogP contribution in [0.2, 0.25) is 0 Å². The Hall–Kier alpha value is -2.71. The average Bonchev–Trinajstić information content (AvgIpc) is 3.08. The molecule has 0 amide bonds. The number of halogens is 2. The molecule has 268 valence electrons. The van der Waals surface area contributed by atoms with Gasteiger partial charge in [0.15, 0.2) is 17.4 Å². The number of hydrogen-bond acceptors (Lipinski definition) is 9. The summed E-state index contributed by atoms with van der Waals surface area (Å²) in [6.07, 6.45) is 6.87. The van der Waals surface area contributed by atoms with Gasteiger partial charge in [0, 0.05) is 84.9 Å². The van der Waals surface area contributed by atoms with Crippen LogP contribution in [-0.4, -0.2) is 115 Å². The molecule has 3 aliphatic rings. The van der Waals surface area contributed by atoms with E-state index in [1.807, 2.05) is 0 Å². The minimum Gasteiger partial charge on any atom is -0.482 e. The molecule has 0 N–H and O–H groups in total. The summed E-state index contributed by atoms with van der Waals surface area (Å²) in [5.74, 6) is -2.82. The predicted molar refractivity (Wildman–Crippen MR) is 190 cm³/mol. The maximum absolute atomic E-state index is 15.2. The molecule has 3 saturated heterocycles. The smallest absolute Gasteiger partial charge is 0.210 e. The van der Waals surface area contributed by atoms with Crippen molar-refractivity contribution < 1.29 is 26.1 Å². The Morgan fingerprint density at radius 2 is 1.45 bits per heavy atom. The molecule has 1 aromatic heterocycles. The van der Waals surface area contributed by atoms with E-state index in [0.29, 0.717) is 46.7 Å². The van der Waals surface area contributed by atoms with E-state index >= 15 is 8.78 Å². The van der Waals surface area contributed by atoms with Crippen LogP contribution in [0.1, 0.15) is 53.4 Å². The van der Waals surface area contributed by atoms with Gasteiger partial charge in [0.1, 0.15) is 10.5 Å². The van der Waals surface area contributed by atoms with Crippen molar-refractivity contribution in [1.82, 2.24) is 19.7 Å². The zero-order valence-electron chi connectivity index (χ0n) is 29.3. The molecule has 2 aromatic carbocycles. The van der Waals surface area contributed by atoms with E-state index in [4.69, 9.17) is 4.74 Å². The quantitative estimate of drug-likeness (QED) is 0.307. The van der Waals surface area contributed by atoms with Crippen LogP contribution in [0, 0.1) is 11.6 Å². The number of hydrogen-bond donors (Lipinski definition) is 0. The van der Waals surface area contributed by atoms with Gasteiger partial charge in [-0.2, -0.15) is 0 Å². The van der Waals surface area contributed by atoms with Crippen LogP contribution in [0.4, 0.5) is 14.5 Å². The lowest BCUT2D eigenvalue weighted by atomic mass is 9.96. The molecular formula is C36H49F2N5O4S2. The summed E-state index contributed by atoms with van der Waals surface area (Å²) in [6.45, 7) is 16.2. The van der Waals surface area contributed by atoms with E-state index in [9.17, 15) is 12.6 Å². The van der Waals surface area contributed by atoms with Crippen molar-refractivity contribution in [2.24, 2.45) is 0 Å². The fraction of sp³-hybridized carbons (Fsp3) is 0.583. The van der Waals surface area contributed by atoms with Gasteiger partial charge in [0.2, 0.25) is 9.84 Å². The van der Waals surface area contributed by atoms with E-state index in [1.165, 1.54) is 6.20 Å². The number of likely N-dealkylation sites (tertiary alicyclic amines) is 1. The molecule has 3 aliphatic heterocycles. The van der Waals surface area contributed by atoms with E-state index < -0.39 is 48.5 Å². The molecule has 0 bridgehead atoms. The van der Waals surface area contributed by atoms with Crippen molar-refractivity contribution in [2.45, 2.75) is 85.7 Å².